The van der Waals surface area contributed by atoms with Gasteiger partial charge in [0.25, 0.3) is 0 Å². The number of ether oxygens (including phenoxy) is 8. The summed E-state index contributed by atoms with van der Waals surface area (Å²) in [4.78, 5) is 48.6. The lowest BCUT2D eigenvalue weighted by atomic mass is 9.95. The van der Waals surface area contributed by atoms with Crippen molar-refractivity contribution in [2.24, 2.45) is 0 Å². The topological polar surface area (TPSA) is 142 Å². The van der Waals surface area contributed by atoms with Gasteiger partial charge in [0.2, 0.25) is 0 Å². The highest BCUT2D eigenvalue weighted by molar-refractivity contribution is 6.03. The first-order valence-corrected chi connectivity index (χ1v) is 15.8. The third-order valence-electron chi connectivity index (χ3n) is 7.89. The zero-order chi connectivity index (χ0) is 35.4. The van der Waals surface area contributed by atoms with Crippen molar-refractivity contribution in [1.82, 2.24) is 0 Å². The minimum Gasteiger partial charge on any atom is -0.493 e. The van der Waals surface area contributed by atoms with Crippen molar-refractivity contribution < 1.29 is 57.1 Å². The number of carbonyl (C=O) groups excluding carboxylic acids is 4. The van der Waals surface area contributed by atoms with Crippen molar-refractivity contribution in [3.63, 3.8) is 0 Å². The maximum Gasteiger partial charge on any atom is 0.308 e. The van der Waals surface area contributed by atoms with Gasteiger partial charge in [-0.1, -0.05) is 42.5 Å². The number of rotatable bonds is 10. The van der Waals surface area contributed by atoms with Crippen molar-refractivity contribution in [2.75, 3.05) is 13.7 Å². The molecule has 2 aliphatic heterocycles. The largest absolute Gasteiger partial charge is 0.493 e. The van der Waals surface area contributed by atoms with Gasteiger partial charge in [0.15, 0.2) is 41.0 Å². The number of carbonyl (C=O) groups is 4. The fraction of sp³-hybridized carbons (Fsp3) is 0.263. The maximum absolute atomic E-state index is 13.4. The molecule has 12 nitrogen and oxygen atoms in total. The number of fused-ring (bicyclic) bond motifs is 2. The molecule has 0 unspecified atom stereocenters. The molecule has 0 amide bonds. The van der Waals surface area contributed by atoms with E-state index in [1.807, 2.05) is 36.4 Å². The smallest absolute Gasteiger partial charge is 0.308 e. The maximum atomic E-state index is 13.4. The van der Waals surface area contributed by atoms with Gasteiger partial charge in [-0.2, -0.15) is 0 Å². The highest BCUT2D eigenvalue weighted by Crippen LogP contribution is 2.46. The number of ketones is 1. The van der Waals surface area contributed by atoms with Crippen LogP contribution in [0.5, 0.6) is 40.2 Å². The number of methoxy groups -OCH3 is 1. The minimum atomic E-state index is -0.765. The van der Waals surface area contributed by atoms with E-state index in [0.717, 1.165) is 5.56 Å². The van der Waals surface area contributed by atoms with Gasteiger partial charge in [-0.05, 0) is 35.4 Å². The van der Waals surface area contributed by atoms with Gasteiger partial charge < -0.3 is 37.9 Å². The fourth-order valence-electron chi connectivity index (χ4n) is 5.72. The van der Waals surface area contributed by atoms with Gasteiger partial charge in [-0.15, -0.1) is 0 Å². The summed E-state index contributed by atoms with van der Waals surface area (Å²) < 4.78 is 46.5. The molecule has 0 radical (unpaired) electrons. The number of Topliss-reactive ketones (excluding diaryl/α,β-unsaturated/α-hetero) is 1. The van der Waals surface area contributed by atoms with E-state index in [2.05, 4.69) is 0 Å². The van der Waals surface area contributed by atoms with Crippen LogP contribution < -0.4 is 33.2 Å². The zero-order valence-corrected chi connectivity index (χ0v) is 27.8. The molecule has 12 heteroatoms. The molecule has 50 heavy (non-hydrogen) atoms. The summed E-state index contributed by atoms with van der Waals surface area (Å²) in [6, 6.07) is 23.0. The Labute approximate surface area is 287 Å². The molecule has 0 saturated carbocycles. The zero-order valence-electron chi connectivity index (χ0n) is 27.8. The van der Waals surface area contributed by atoms with Crippen LogP contribution in [0.4, 0.5) is 0 Å². The predicted octanol–water partition coefficient (Wildman–Crippen LogP) is 6.28. The molecule has 0 N–H and O–H groups in total. The van der Waals surface area contributed by atoms with Crippen LogP contribution in [0.15, 0.2) is 78.9 Å². The van der Waals surface area contributed by atoms with E-state index in [0.29, 0.717) is 40.7 Å². The molecular formula is C38H34O12. The second kappa shape index (κ2) is 14.6. The van der Waals surface area contributed by atoms with Gasteiger partial charge in [0, 0.05) is 38.5 Å². The number of hydrogen-bond donors (Lipinski definition) is 0. The molecule has 0 spiro atoms. The van der Waals surface area contributed by atoms with E-state index < -0.39 is 36.2 Å². The van der Waals surface area contributed by atoms with Crippen molar-refractivity contribution in [1.29, 1.82) is 0 Å². The number of esters is 3. The van der Waals surface area contributed by atoms with Crippen LogP contribution in [0.2, 0.25) is 0 Å². The quantitative estimate of drug-likeness (QED) is 0.137. The van der Waals surface area contributed by atoms with Crippen LogP contribution in [0.25, 0.3) is 0 Å². The second-order valence-corrected chi connectivity index (χ2v) is 11.6. The first-order valence-electron chi connectivity index (χ1n) is 15.8. The van der Waals surface area contributed by atoms with Gasteiger partial charge in [0.05, 0.1) is 13.5 Å². The lowest BCUT2D eigenvalue weighted by Gasteiger charge is -2.35. The Morgan fingerprint density at radius 2 is 1.48 bits per heavy atom. The summed E-state index contributed by atoms with van der Waals surface area (Å²) in [6.45, 7) is 3.97. The lowest BCUT2D eigenvalue weighted by molar-refractivity contribution is -0.146. The summed E-state index contributed by atoms with van der Waals surface area (Å²) in [5, 5.41) is 0. The predicted molar refractivity (Wildman–Crippen MR) is 176 cm³/mol. The molecule has 4 aromatic carbocycles. The number of hydrogen-bond acceptors (Lipinski definition) is 12. The van der Waals surface area contributed by atoms with Crippen molar-refractivity contribution in [2.45, 2.75) is 52.1 Å². The third-order valence-corrected chi connectivity index (χ3v) is 7.89. The Kier molecular flexibility index (Phi) is 9.89. The highest BCUT2D eigenvalue weighted by Gasteiger charge is 2.37. The minimum absolute atomic E-state index is 0.0508. The average Bonchev–Trinajstić information content (AvgIpc) is 3.08. The first-order chi connectivity index (χ1) is 24.1. The van der Waals surface area contributed by atoms with E-state index in [4.69, 9.17) is 37.9 Å². The van der Waals surface area contributed by atoms with E-state index in [9.17, 15) is 19.2 Å². The Morgan fingerprint density at radius 3 is 2.20 bits per heavy atom. The van der Waals surface area contributed by atoms with Crippen LogP contribution >= 0.6 is 0 Å². The van der Waals surface area contributed by atoms with Gasteiger partial charge in [-0.25, -0.2) is 0 Å². The molecule has 3 atom stereocenters. The van der Waals surface area contributed by atoms with E-state index in [-0.39, 0.29) is 41.6 Å². The molecule has 2 aliphatic rings. The molecule has 0 saturated heterocycles. The Balaban J connectivity index is 1.26. The van der Waals surface area contributed by atoms with Gasteiger partial charge in [-0.3, -0.25) is 19.2 Å². The van der Waals surface area contributed by atoms with E-state index in [1.54, 1.807) is 37.4 Å². The molecule has 0 bridgehead atoms. The van der Waals surface area contributed by atoms with Crippen LogP contribution in [0, 0.1) is 0 Å². The molecule has 2 heterocycles. The van der Waals surface area contributed by atoms with E-state index in [1.165, 1.54) is 32.9 Å². The normalized spacial score (nSPS) is 17.4. The van der Waals surface area contributed by atoms with Gasteiger partial charge >= 0.3 is 17.9 Å². The van der Waals surface area contributed by atoms with Crippen LogP contribution in [0.1, 0.15) is 66.4 Å². The molecule has 0 fully saturated rings. The van der Waals surface area contributed by atoms with Crippen LogP contribution in [0.3, 0.4) is 0 Å². The lowest BCUT2D eigenvalue weighted by Crippen LogP contribution is -2.37. The Bertz CT molecular complexity index is 1940. The molecular weight excluding hydrogens is 648 g/mol. The van der Waals surface area contributed by atoms with Crippen molar-refractivity contribution >= 4 is 23.7 Å². The summed E-state index contributed by atoms with van der Waals surface area (Å²) in [6.07, 6.45) is -2.29. The monoisotopic (exact) mass is 682 g/mol. The van der Waals surface area contributed by atoms with Crippen LogP contribution in [-0.2, 0) is 25.7 Å². The average molecular weight is 683 g/mol. The third kappa shape index (κ3) is 7.64. The standard InChI is InChI=1S/C38H34O12/c1-21(39)44-20-36-38(26-11-12-29(32(15-26)43-4)45-19-24-8-6-5-7-9-24)50-30-13-10-25(14-33(30)49-36)31-18-28(42)37-34(47-23(3)41)16-27(46-22(2)40)17-35(37)48-31/h5-17,31,36,38H,18-20H2,1-4H3/t31-,36+,38+/m0/s1. The molecule has 258 valence electrons. The van der Waals surface area contributed by atoms with Crippen molar-refractivity contribution in [3.8, 4) is 40.2 Å². The van der Waals surface area contributed by atoms with Gasteiger partial charge in [0.1, 0.15) is 42.1 Å². The van der Waals surface area contributed by atoms with Crippen LogP contribution in [-0.4, -0.2) is 43.5 Å². The molecule has 0 aliphatic carbocycles. The Morgan fingerprint density at radius 1 is 0.720 bits per heavy atom. The Hall–Kier alpha value is -6.04. The van der Waals surface area contributed by atoms with Crippen molar-refractivity contribution in [3.05, 3.63) is 101 Å². The fourth-order valence-corrected chi connectivity index (χ4v) is 5.72. The summed E-state index contributed by atoms with van der Waals surface area (Å²) >= 11 is 0. The summed E-state index contributed by atoms with van der Waals surface area (Å²) in [7, 11) is 1.55. The highest BCUT2D eigenvalue weighted by atomic mass is 16.6. The summed E-state index contributed by atoms with van der Waals surface area (Å²) in [5.41, 5.74) is 2.36. The number of benzene rings is 4. The molecule has 4 aromatic rings. The molecule has 6 rings (SSSR count). The summed E-state index contributed by atoms with van der Waals surface area (Å²) in [5.74, 6) is -0.201. The van der Waals surface area contributed by atoms with E-state index >= 15 is 0 Å². The first kappa shape index (κ1) is 33.8. The SMILES string of the molecule is COc1cc([C@H]2Oc3ccc([C@@H]4CC(=O)c5c(OC(C)=O)cc(OC(C)=O)cc5O4)cc3O[C@@H]2COC(C)=O)ccc1OCc1ccccc1. The molecule has 0 aromatic heterocycles. The second-order valence-electron chi connectivity index (χ2n) is 11.6.